The van der Waals surface area contributed by atoms with Gasteiger partial charge in [-0.15, -0.1) is 0 Å². The lowest BCUT2D eigenvalue weighted by Crippen LogP contribution is -2.50. The molecule has 0 bridgehead atoms. The van der Waals surface area contributed by atoms with Crippen molar-refractivity contribution in [3.63, 3.8) is 0 Å². The molecule has 0 aromatic carbocycles. The number of aromatic nitrogens is 2. The van der Waals surface area contributed by atoms with E-state index in [0.29, 0.717) is 18.6 Å². The van der Waals surface area contributed by atoms with Gasteiger partial charge < -0.3 is 15.5 Å². The van der Waals surface area contributed by atoms with Crippen LogP contribution in [-0.2, 0) is 6.54 Å². The van der Waals surface area contributed by atoms with Gasteiger partial charge in [0, 0.05) is 31.7 Å². The number of halogens is 1. The summed E-state index contributed by atoms with van der Waals surface area (Å²) in [5.74, 6) is 0. The highest BCUT2D eigenvalue weighted by Gasteiger charge is 2.23. The Morgan fingerprint density at radius 3 is 2.57 bits per heavy atom. The summed E-state index contributed by atoms with van der Waals surface area (Å²) in [5.41, 5.74) is 1.90. The van der Waals surface area contributed by atoms with Gasteiger partial charge in [0.2, 0.25) is 0 Å². The molecular formula is C16H28ClN5O. The number of hydrogen-bond acceptors (Lipinski definition) is 3. The van der Waals surface area contributed by atoms with Crippen LogP contribution in [0.1, 0.15) is 38.1 Å². The third kappa shape index (κ3) is 4.61. The maximum absolute atomic E-state index is 11.8. The summed E-state index contributed by atoms with van der Waals surface area (Å²) in [6.07, 6.45) is 1.97. The second-order valence-corrected chi connectivity index (χ2v) is 6.71. The predicted molar refractivity (Wildman–Crippen MR) is 93.0 cm³/mol. The van der Waals surface area contributed by atoms with E-state index < -0.39 is 0 Å². The van der Waals surface area contributed by atoms with Crippen molar-refractivity contribution in [2.24, 2.45) is 0 Å². The average Bonchev–Trinajstić information content (AvgIpc) is 2.75. The molecule has 0 radical (unpaired) electrons. The molecule has 1 atom stereocenters. The molecule has 23 heavy (non-hydrogen) atoms. The summed E-state index contributed by atoms with van der Waals surface area (Å²) < 4.78 is 1.97. The molecule has 2 heterocycles. The summed E-state index contributed by atoms with van der Waals surface area (Å²) in [5, 5.41) is 11.8. The predicted octanol–water partition coefficient (Wildman–Crippen LogP) is 2.33. The molecule has 2 amide bonds. The number of carbonyl (C=O) groups excluding carboxylic acids is 1. The van der Waals surface area contributed by atoms with Crippen molar-refractivity contribution in [3.05, 3.63) is 16.4 Å². The van der Waals surface area contributed by atoms with Crippen molar-refractivity contribution < 1.29 is 4.79 Å². The monoisotopic (exact) mass is 341 g/mol. The summed E-state index contributed by atoms with van der Waals surface area (Å²) in [6, 6.07) is 0.810. The van der Waals surface area contributed by atoms with Gasteiger partial charge in [0.1, 0.15) is 0 Å². The molecule has 0 unspecified atom stereocenters. The molecule has 2 rings (SSSR count). The summed E-state index contributed by atoms with van der Waals surface area (Å²) >= 11 is 6.20. The molecular weight excluding hydrogens is 314 g/mol. The largest absolute Gasteiger partial charge is 0.338 e. The molecule has 0 aliphatic carbocycles. The molecule has 1 aliphatic rings. The minimum atomic E-state index is 0.0521. The first kappa shape index (κ1) is 18.1. The van der Waals surface area contributed by atoms with E-state index in [0.717, 1.165) is 48.9 Å². The van der Waals surface area contributed by atoms with Crippen molar-refractivity contribution in [3.8, 4) is 0 Å². The van der Waals surface area contributed by atoms with Crippen LogP contribution in [0, 0.1) is 13.8 Å². The van der Waals surface area contributed by atoms with Gasteiger partial charge in [-0.05, 0) is 40.5 Å². The van der Waals surface area contributed by atoms with E-state index in [9.17, 15) is 4.79 Å². The Labute approximate surface area is 143 Å². The van der Waals surface area contributed by atoms with Crippen LogP contribution < -0.4 is 10.6 Å². The number of urea groups is 1. The lowest BCUT2D eigenvalue weighted by atomic mass is 10.0. The van der Waals surface area contributed by atoms with Gasteiger partial charge in [0.25, 0.3) is 0 Å². The van der Waals surface area contributed by atoms with Crippen molar-refractivity contribution >= 4 is 17.6 Å². The highest BCUT2D eigenvalue weighted by atomic mass is 35.5. The lowest BCUT2D eigenvalue weighted by molar-refractivity contribution is 0.174. The van der Waals surface area contributed by atoms with Gasteiger partial charge in [-0.3, -0.25) is 4.68 Å². The van der Waals surface area contributed by atoms with Crippen molar-refractivity contribution in [1.82, 2.24) is 25.3 Å². The first-order valence-corrected chi connectivity index (χ1v) is 8.78. The van der Waals surface area contributed by atoms with E-state index in [2.05, 4.69) is 22.7 Å². The van der Waals surface area contributed by atoms with Crippen LogP contribution in [0.25, 0.3) is 0 Å². The second-order valence-electron chi connectivity index (χ2n) is 6.33. The molecule has 2 N–H and O–H groups in total. The van der Waals surface area contributed by atoms with Crippen LogP contribution in [0.2, 0.25) is 5.02 Å². The average molecular weight is 342 g/mol. The Balaban J connectivity index is 1.79. The second kappa shape index (κ2) is 8.02. The van der Waals surface area contributed by atoms with Gasteiger partial charge >= 0.3 is 6.03 Å². The van der Waals surface area contributed by atoms with Gasteiger partial charge in [-0.2, -0.15) is 5.10 Å². The quantitative estimate of drug-likeness (QED) is 0.864. The zero-order chi connectivity index (χ0) is 17.0. The van der Waals surface area contributed by atoms with E-state index in [1.807, 2.05) is 30.4 Å². The molecule has 1 aliphatic heterocycles. The highest BCUT2D eigenvalue weighted by Crippen LogP contribution is 2.19. The molecule has 6 nitrogen and oxygen atoms in total. The minimum Gasteiger partial charge on any atom is -0.338 e. The number of piperidine rings is 1. The first-order valence-electron chi connectivity index (χ1n) is 8.40. The molecule has 130 valence electrons. The molecule has 0 saturated carbocycles. The number of aryl methyl sites for hydroxylation is 1. The number of amides is 2. The lowest BCUT2D eigenvalue weighted by Gasteiger charge is -2.34. The minimum absolute atomic E-state index is 0.0521. The van der Waals surface area contributed by atoms with Crippen LogP contribution in [0.4, 0.5) is 4.79 Å². The fourth-order valence-corrected chi connectivity index (χ4v) is 3.21. The van der Waals surface area contributed by atoms with E-state index in [-0.39, 0.29) is 6.03 Å². The Morgan fingerprint density at radius 1 is 1.39 bits per heavy atom. The van der Waals surface area contributed by atoms with Crippen LogP contribution in [0.5, 0.6) is 0 Å². The molecule has 0 spiro atoms. The molecule has 1 saturated heterocycles. The Kier molecular flexibility index (Phi) is 6.30. The van der Waals surface area contributed by atoms with Gasteiger partial charge in [0.05, 0.1) is 23.0 Å². The van der Waals surface area contributed by atoms with Gasteiger partial charge in [0.15, 0.2) is 0 Å². The number of rotatable bonds is 5. The maximum atomic E-state index is 11.8. The maximum Gasteiger partial charge on any atom is 0.317 e. The number of nitrogens with zero attached hydrogens (tertiary/aromatic N) is 3. The molecule has 1 aromatic heterocycles. The van der Waals surface area contributed by atoms with Crippen molar-refractivity contribution in [2.75, 3.05) is 19.6 Å². The zero-order valence-electron chi connectivity index (χ0n) is 14.5. The van der Waals surface area contributed by atoms with Gasteiger partial charge in [-0.25, -0.2) is 4.79 Å². The smallest absolute Gasteiger partial charge is 0.317 e. The summed E-state index contributed by atoms with van der Waals surface area (Å²) in [7, 11) is 0. The summed E-state index contributed by atoms with van der Waals surface area (Å²) in [4.78, 5) is 13.7. The van der Waals surface area contributed by atoms with Crippen molar-refractivity contribution in [2.45, 2.75) is 59.2 Å². The van der Waals surface area contributed by atoms with Crippen LogP contribution in [-0.4, -0.2) is 52.4 Å². The third-order valence-electron chi connectivity index (χ3n) is 4.37. The van der Waals surface area contributed by atoms with E-state index in [1.54, 1.807) is 0 Å². The standard InChI is InChI=1S/C16H28ClN5O/c1-5-18-16(23)21-8-6-14(7-9-21)19-11(2)10-22-13(4)15(17)12(3)20-22/h11,14,19H,5-10H2,1-4H3,(H,18,23)/t11-/m1/s1. The first-order chi connectivity index (χ1) is 10.9. The van der Waals surface area contributed by atoms with Crippen LogP contribution in [0.15, 0.2) is 0 Å². The number of nitrogens with one attached hydrogen (secondary N) is 2. The fourth-order valence-electron chi connectivity index (χ4n) is 3.08. The molecule has 1 fully saturated rings. The highest BCUT2D eigenvalue weighted by molar-refractivity contribution is 6.31. The molecule has 7 heteroatoms. The van der Waals surface area contributed by atoms with Gasteiger partial charge in [-0.1, -0.05) is 11.6 Å². The van der Waals surface area contributed by atoms with Crippen LogP contribution >= 0.6 is 11.6 Å². The topological polar surface area (TPSA) is 62.2 Å². The SMILES string of the molecule is CCNC(=O)N1CCC(N[C@H](C)Cn2nc(C)c(Cl)c2C)CC1. The Morgan fingerprint density at radius 2 is 2.04 bits per heavy atom. The third-order valence-corrected chi connectivity index (χ3v) is 4.92. The van der Waals surface area contributed by atoms with E-state index in [4.69, 9.17) is 11.6 Å². The molecule has 1 aromatic rings. The van der Waals surface area contributed by atoms with Crippen LogP contribution in [0.3, 0.4) is 0 Å². The number of carbonyl (C=O) groups is 1. The number of hydrogen-bond donors (Lipinski definition) is 2. The van der Waals surface area contributed by atoms with E-state index >= 15 is 0 Å². The Hall–Kier alpha value is -1.27. The normalized spacial score (nSPS) is 17.3. The fraction of sp³-hybridized carbons (Fsp3) is 0.750. The summed E-state index contributed by atoms with van der Waals surface area (Å²) in [6.45, 7) is 11.1. The number of likely N-dealkylation sites (tertiary alicyclic amines) is 1. The zero-order valence-corrected chi connectivity index (χ0v) is 15.3. The Bertz CT molecular complexity index is 537. The van der Waals surface area contributed by atoms with Crippen molar-refractivity contribution in [1.29, 1.82) is 0 Å². The van der Waals surface area contributed by atoms with E-state index in [1.165, 1.54) is 0 Å².